The standard InChI is InChI=1S/C31H40FN3O7.C2HF3O2/c1-9-40-24-13-20-15-35(30(33)26(20)27(32)29(24)41-10-2)16-23(37)19-11-21(14-34(7)18(3)36)28(42-17-25(38)39-8)22(12-19)31(4,5)6;3-2(4,5)1(6)7/h11-13,33H,9-10,14-17H2,1-8H3;(H,6,7). The molecule has 2 aromatic rings. The van der Waals surface area contributed by atoms with Crippen LogP contribution in [0.25, 0.3) is 0 Å². The molecular formula is C33H41F4N3O9. The molecule has 270 valence electrons. The molecule has 2 N–H and O–H groups in total. The Labute approximate surface area is 281 Å². The highest BCUT2D eigenvalue weighted by molar-refractivity contribution is 6.06. The third-order valence-corrected chi connectivity index (χ3v) is 7.15. The summed E-state index contributed by atoms with van der Waals surface area (Å²) in [5.41, 5.74) is 1.66. The summed E-state index contributed by atoms with van der Waals surface area (Å²) in [6.45, 7) is 11.1. The number of carboxylic acids is 1. The topological polar surface area (TPSA) is 156 Å². The maximum atomic E-state index is 15.5. The van der Waals surface area contributed by atoms with E-state index in [9.17, 15) is 27.6 Å². The van der Waals surface area contributed by atoms with E-state index in [2.05, 4.69) is 0 Å². The molecule has 0 spiro atoms. The molecule has 0 unspecified atom stereocenters. The second-order valence-corrected chi connectivity index (χ2v) is 11.9. The summed E-state index contributed by atoms with van der Waals surface area (Å²) in [4.78, 5) is 49.5. The van der Waals surface area contributed by atoms with Crippen molar-refractivity contribution in [3.63, 3.8) is 0 Å². The lowest BCUT2D eigenvalue weighted by Gasteiger charge is -2.27. The first-order valence-electron chi connectivity index (χ1n) is 15.0. The van der Waals surface area contributed by atoms with E-state index in [-0.39, 0.29) is 67.4 Å². The van der Waals surface area contributed by atoms with Gasteiger partial charge in [-0.3, -0.25) is 15.0 Å². The second-order valence-electron chi connectivity index (χ2n) is 11.9. The Morgan fingerprint density at radius 1 is 1.00 bits per heavy atom. The molecule has 0 aliphatic carbocycles. The van der Waals surface area contributed by atoms with Gasteiger partial charge in [-0.05, 0) is 43.0 Å². The van der Waals surface area contributed by atoms with E-state index in [0.717, 1.165) is 0 Å². The molecule has 0 saturated carbocycles. The maximum absolute atomic E-state index is 15.5. The largest absolute Gasteiger partial charge is 0.490 e. The van der Waals surface area contributed by atoms with E-state index >= 15 is 4.39 Å². The van der Waals surface area contributed by atoms with Gasteiger partial charge in [0.05, 0.1) is 32.4 Å². The summed E-state index contributed by atoms with van der Waals surface area (Å²) >= 11 is 0. The summed E-state index contributed by atoms with van der Waals surface area (Å²) in [7, 11) is 2.89. The molecule has 0 fully saturated rings. The van der Waals surface area contributed by atoms with Gasteiger partial charge in [0.2, 0.25) is 5.91 Å². The zero-order chi connectivity index (χ0) is 37.4. The Kier molecular flexibility index (Phi) is 13.5. The van der Waals surface area contributed by atoms with Crippen molar-refractivity contribution in [3.05, 3.63) is 51.8 Å². The van der Waals surface area contributed by atoms with Crippen LogP contribution >= 0.6 is 0 Å². The van der Waals surface area contributed by atoms with E-state index < -0.39 is 29.3 Å². The van der Waals surface area contributed by atoms with Crippen LogP contribution in [0, 0.1) is 11.2 Å². The molecule has 0 bridgehead atoms. The first kappa shape index (κ1) is 40.3. The van der Waals surface area contributed by atoms with E-state index in [1.54, 1.807) is 39.1 Å². The molecule has 12 nitrogen and oxygen atoms in total. The fourth-order valence-electron chi connectivity index (χ4n) is 4.68. The van der Waals surface area contributed by atoms with Gasteiger partial charge in [0.1, 0.15) is 11.6 Å². The van der Waals surface area contributed by atoms with Crippen molar-refractivity contribution < 1.29 is 60.8 Å². The number of carbonyl (C=O) groups is 4. The number of ether oxygens (including phenoxy) is 4. The van der Waals surface area contributed by atoms with Crippen molar-refractivity contribution in [2.75, 3.05) is 40.5 Å². The van der Waals surface area contributed by atoms with Crippen LogP contribution in [0.4, 0.5) is 17.6 Å². The summed E-state index contributed by atoms with van der Waals surface area (Å²) in [5.74, 6) is -4.02. The second kappa shape index (κ2) is 16.5. The smallest absolute Gasteiger partial charge is 0.490 e. The highest BCUT2D eigenvalue weighted by Gasteiger charge is 2.38. The van der Waals surface area contributed by atoms with Crippen LogP contribution in [0.15, 0.2) is 18.2 Å². The molecule has 0 radical (unpaired) electrons. The number of carboxylic acid groups (broad SMARTS) is 1. The van der Waals surface area contributed by atoms with E-state index in [1.165, 1.54) is 23.8 Å². The molecule has 2 aromatic carbocycles. The summed E-state index contributed by atoms with van der Waals surface area (Å²) in [6, 6.07) is 5.00. The van der Waals surface area contributed by atoms with E-state index in [4.69, 9.17) is 34.3 Å². The maximum Gasteiger partial charge on any atom is 0.490 e. The molecule has 0 atom stereocenters. The van der Waals surface area contributed by atoms with Gasteiger partial charge in [-0.1, -0.05) is 20.8 Å². The number of ketones is 1. The number of Topliss-reactive ketones (excluding diaryl/α,β-unsaturated/α-hetero) is 1. The zero-order valence-corrected chi connectivity index (χ0v) is 28.6. The monoisotopic (exact) mass is 699 g/mol. The molecule has 3 rings (SSSR count). The van der Waals surface area contributed by atoms with Crippen molar-refractivity contribution >= 4 is 29.5 Å². The molecule has 16 heteroatoms. The molecule has 1 heterocycles. The predicted molar refractivity (Wildman–Crippen MR) is 169 cm³/mol. The lowest BCUT2D eigenvalue weighted by molar-refractivity contribution is -0.192. The number of amides is 1. The number of aliphatic carboxylic acids is 1. The Bertz CT molecular complexity index is 1590. The van der Waals surface area contributed by atoms with Crippen LogP contribution in [0.5, 0.6) is 17.2 Å². The van der Waals surface area contributed by atoms with E-state index in [0.29, 0.717) is 34.6 Å². The fraction of sp³-hybridized carbons (Fsp3) is 0.485. The Hall–Kier alpha value is -4.89. The van der Waals surface area contributed by atoms with Gasteiger partial charge in [0.25, 0.3) is 0 Å². The molecule has 0 saturated heterocycles. The number of fused-ring (bicyclic) bond motifs is 1. The highest BCUT2D eigenvalue weighted by atomic mass is 19.4. The number of carbonyl (C=O) groups excluding carboxylic acids is 3. The minimum atomic E-state index is -5.08. The van der Waals surface area contributed by atoms with Crippen molar-refractivity contribution in [1.29, 1.82) is 5.41 Å². The van der Waals surface area contributed by atoms with Crippen LogP contribution < -0.4 is 14.2 Å². The average Bonchev–Trinajstić information content (AvgIpc) is 3.31. The van der Waals surface area contributed by atoms with Gasteiger partial charge in [0, 0.05) is 43.8 Å². The normalized spacial score (nSPS) is 12.4. The predicted octanol–water partition coefficient (Wildman–Crippen LogP) is 5.11. The quantitative estimate of drug-likeness (QED) is 0.174. The van der Waals surface area contributed by atoms with Crippen LogP contribution in [-0.4, -0.2) is 91.1 Å². The number of nitrogens with one attached hydrogen (secondary N) is 1. The van der Waals surface area contributed by atoms with Crippen molar-refractivity contribution in [2.45, 2.75) is 66.2 Å². The van der Waals surface area contributed by atoms with Gasteiger partial charge >= 0.3 is 18.1 Å². The van der Waals surface area contributed by atoms with Crippen LogP contribution in [-0.2, 0) is 37.6 Å². The number of hydrogen-bond acceptors (Lipinski definition) is 9. The van der Waals surface area contributed by atoms with Gasteiger partial charge in [-0.15, -0.1) is 0 Å². The molecule has 0 aromatic heterocycles. The third-order valence-electron chi connectivity index (χ3n) is 7.15. The summed E-state index contributed by atoms with van der Waals surface area (Å²) < 4.78 is 69.0. The number of rotatable bonds is 12. The number of methoxy groups -OCH3 is 1. The lowest BCUT2D eigenvalue weighted by atomic mass is 9.83. The first-order valence-corrected chi connectivity index (χ1v) is 15.0. The van der Waals surface area contributed by atoms with Crippen LogP contribution in [0.2, 0.25) is 0 Å². The highest BCUT2D eigenvalue weighted by Crippen LogP contribution is 2.40. The number of benzene rings is 2. The number of hydrogen-bond donors (Lipinski definition) is 2. The first-order chi connectivity index (χ1) is 22.7. The Balaban J connectivity index is 0.00000107. The molecule has 1 amide bonds. The summed E-state index contributed by atoms with van der Waals surface area (Å²) in [5, 5.41) is 15.8. The minimum absolute atomic E-state index is 0.0485. The SMILES string of the molecule is CCOc1cc2c(c(F)c1OCC)C(=N)N(CC(=O)c1cc(CN(C)C(C)=O)c(OCC(=O)OC)c(C(C)(C)C)c1)C2.O=C(O)C(F)(F)F. The molecule has 49 heavy (non-hydrogen) atoms. The Morgan fingerprint density at radius 2 is 1.59 bits per heavy atom. The summed E-state index contributed by atoms with van der Waals surface area (Å²) in [6.07, 6.45) is -5.08. The minimum Gasteiger partial charge on any atom is -0.490 e. The fourth-order valence-corrected chi connectivity index (χ4v) is 4.68. The van der Waals surface area contributed by atoms with Gasteiger partial charge in [0.15, 0.2) is 29.7 Å². The number of alkyl halides is 3. The number of esters is 1. The van der Waals surface area contributed by atoms with Gasteiger partial charge in [-0.2, -0.15) is 13.2 Å². The van der Waals surface area contributed by atoms with Crippen molar-refractivity contribution in [2.24, 2.45) is 0 Å². The van der Waals surface area contributed by atoms with Crippen molar-refractivity contribution in [3.8, 4) is 17.2 Å². The number of halogens is 4. The number of nitrogens with zero attached hydrogens (tertiary/aromatic N) is 2. The van der Waals surface area contributed by atoms with Gasteiger partial charge < -0.3 is 33.9 Å². The van der Waals surface area contributed by atoms with Gasteiger partial charge in [-0.25, -0.2) is 14.0 Å². The van der Waals surface area contributed by atoms with Crippen molar-refractivity contribution in [1.82, 2.24) is 9.80 Å². The average molecular weight is 700 g/mol. The van der Waals surface area contributed by atoms with Crippen LogP contribution in [0.3, 0.4) is 0 Å². The lowest BCUT2D eigenvalue weighted by Crippen LogP contribution is -2.31. The zero-order valence-electron chi connectivity index (χ0n) is 28.6. The molecular weight excluding hydrogens is 658 g/mol. The number of amidine groups is 1. The molecule has 1 aliphatic heterocycles. The van der Waals surface area contributed by atoms with Crippen LogP contribution in [0.1, 0.15) is 74.2 Å². The third kappa shape index (κ3) is 10.3. The van der Waals surface area contributed by atoms with E-state index in [1.807, 2.05) is 20.8 Å². The Morgan fingerprint density at radius 3 is 2.08 bits per heavy atom. The molecule has 1 aliphatic rings.